The highest BCUT2D eigenvalue weighted by atomic mass is 32.1. The molecule has 5 rings (SSSR count). The van der Waals surface area contributed by atoms with Gasteiger partial charge in [-0.2, -0.15) is 27.0 Å². The highest BCUT2D eigenvalue weighted by Gasteiger charge is 2.48. The van der Waals surface area contributed by atoms with Crippen molar-refractivity contribution in [2.75, 3.05) is 26.2 Å². The normalized spacial score (nSPS) is 25.2. The molecule has 4 fully saturated rings. The molecule has 1 saturated carbocycles. The number of piperidine rings is 1. The van der Waals surface area contributed by atoms with Crippen molar-refractivity contribution in [3.63, 3.8) is 0 Å². The minimum Gasteiger partial charge on any atom is -0.368 e. The van der Waals surface area contributed by atoms with Gasteiger partial charge in [0.25, 0.3) is 5.91 Å². The SMILES string of the molecule is CC(C)C[C@H](NC(=O)c1ccc(C2CCN(C3CC3)CC2)cc1)C(=O)N1CC[C@H]2OCC(=O)[C@H]21.S.S. The monoisotopic (exact) mass is 535 g/mol. The molecule has 1 aliphatic carbocycles. The van der Waals surface area contributed by atoms with Crippen molar-refractivity contribution >= 4 is 44.6 Å². The molecule has 3 heterocycles. The quantitative estimate of drug-likeness (QED) is 0.581. The smallest absolute Gasteiger partial charge is 0.251 e. The number of amides is 2. The summed E-state index contributed by atoms with van der Waals surface area (Å²) in [5.41, 5.74) is 1.87. The van der Waals surface area contributed by atoms with E-state index in [1.807, 2.05) is 26.0 Å². The first-order chi connectivity index (χ1) is 16.4. The lowest BCUT2D eigenvalue weighted by atomic mass is 9.89. The van der Waals surface area contributed by atoms with E-state index in [0.29, 0.717) is 30.9 Å². The predicted molar refractivity (Wildman–Crippen MR) is 149 cm³/mol. The van der Waals surface area contributed by atoms with Crippen molar-refractivity contribution in [3.05, 3.63) is 35.4 Å². The molecule has 0 unspecified atom stereocenters. The number of hydrogen-bond acceptors (Lipinski definition) is 5. The standard InChI is InChI=1S/C27H37N3O4.2H2S/c1-17(2)15-22(27(33)30-14-11-24-25(30)23(31)16-34-24)28-26(32)20-5-3-18(4-6-20)19-9-12-29(13-10-19)21-7-8-21;;/h3-6,17,19,21-22,24-25H,7-16H2,1-2H3,(H,28,32);2*1H2/t22-,24+,25+;;/m0../s1. The molecule has 0 radical (unpaired) electrons. The van der Waals surface area contributed by atoms with E-state index in [1.165, 1.54) is 44.3 Å². The fourth-order valence-corrected chi connectivity index (χ4v) is 5.92. The van der Waals surface area contributed by atoms with E-state index >= 15 is 0 Å². The number of carbonyl (C=O) groups excluding carboxylic acids is 3. The van der Waals surface area contributed by atoms with Gasteiger partial charge in [-0.3, -0.25) is 14.4 Å². The maximum absolute atomic E-state index is 13.4. The van der Waals surface area contributed by atoms with Gasteiger partial charge >= 0.3 is 0 Å². The second kappa shape index (κ2) is 12.3. The molecule has 3 aliphatic heterocycles. The molecule has 0 aromatic heterocycles. The number of nitrogens with zero attached hydrogens (tertiary/aromatic N) is 2. The zero-order chi connectivity index (χ0) is 23.8. The van der Waals surface area contributed by atoms with Crippen LogP contribution in [-0.4, -0.2) is 77.9 Å². The average molecular weight is 536 g/mol. The van der Waals surface area contributed by atoms with Gasteiger partial charge < -0.3 is 19.9 Å². The third-order valence-corrected chi connectivity index (χ3v) is 7.94. The first-order valence-corrected chi connectivity index (χ1v) is 13.0. The summed E-state index contributed by atoms with van der Waals surface area (Å²) >= 11 is 0. The van der Waals surface area contributed by atoms with Crippen LogP contribution in [0, 0.1) is 5.92 Å². The van der Waals surface area contributed by atoms with E-state index in [0.717, 1.165) is 6.04 Å². The zero-order valence-corrected chi connectivity index (χ0v) is 23.4. The molecule has 36 heavy (non-hydrogen) atoms. The maximum Gasteiger partial charge on any atom is 0.251 e. The van der Waals surface area contributed by atoms with Gasteiger partial charge in [-0.25, -0.2) is 0 Å². The fraction of sp³-hybridized carbons (Fsp3) is 0.667. The van der Waals surface area contributed by atoms with Gasteiger partial charge in [0.05, 0.1) is 6.10 Å². The number of benzene rings is 1. The number of nitrogens with one attached hydrogen (secondary N) is 1. The van der Waals surface area contributed by atoms with Crippen molar-refractivity contribution in [1.29, 1.82) is 0 Å². The average Bonchev–Trinajstić information content (AvgIpc) is 3.50. The van der Waals surface area contributed by atoms with Crippen molar-refractivity contribution in [3.8, 4) is 0 Å². The second-order valence-electron chi connectivity index (χ2n) is 10.9. The van der Waals surface area contributed by atoms with Gasteiger partial charge in [-0.05, 0) is 81.1 Å². The number of Topliss-reactive ketones (excluding diaryl/α,β-unsaturated/α-hetero) is 1. The molecular formula is C27H41N3O4S2. The lowest BCUT2D eigenvalue weighted by Crippen LogP contribution is -2.52. The highest BCUT2D eigenvalue weighted by molar-refractivity contribution is 7.59. The third kappa shape index (κ3) is 6.29. The van der Waals surface area contributed by atoms with Crippen LogP contribution in [0.5, 0.6) is 0 Å². The van der Waals surface area contributed by atoms with Crippen LogP contribution in [0.25, 0.3) is 0 Å². The van der Waals surface area contributed by atoms with Crippen molar-refractivity contribution < 1.29 is 19.1 Å². The lowest BCUT2D eigenvalue weighted by Gasteiger charge is -2.32. The van der Waals surface area contributed by atoms with Crippen LogP contribution in [0.15, 0.2) is 24.3 Å². The molecule has 7 nitrogen and oxygen atoms in total. The zero-order valence-electron chi connectivity index (χ0n) is 21.4. The molecule has 1 aromatic rings. The molecule has 200 valence electrons. The van der Waals surface area contributed by atoms with Gasteiger partial charge in [0, 0.05) is 18.2 Å². The Kier molecular flexibility index (Phi) is 9.94. The van der Waals surface area contributed by atoms with Gasteiger partial charge in [0.15, 0.2) is 5.78 Å². The maximum atomic E-state index is 13.4. The fourth-order valence-electron chi connectivity index (χ4n) is 5.92. The molecule has 1 N–H and O–H groups in total. The summed E-state index contributed by atoms with van der Waals surface area (Å²) in [5, 5.41) is 2.97. The summed E-state index contributed by atoms with van der Waals surface area (Å²) in [7, 11) is 0. The van der Waals surface area contributed by atoms with E-state index < -0.39 is 12.1 Å². The second-order valence-corrected chi connectivity index (χ2v) is 10.9. The Morgan fingerprint density at radius 3 is 2.28 bits per heavy atom. The van der Waals surface area contributed by atoms with Crippen LogP contribution in [0.4, 0.5) is 0 Å². The Morgan fingerprint density at radius 1 is 1.00 bits per heavy atom. The molecule has 2 amide bonds. The number of hydrogen-bond donors (Lipinski definition) is 1. The Balaban J connectivity index is 0.00000180. The number of carbonyl (C=O) groups is 3. The Hall–Kier alpha value is -1.55. The van der Waals surface area contributed by atoms with Crippen LogP contribution >= 0.6 is 27.0 Å². The molecule has 9 heteroatoms. The molecule has 3 saturated heterocycles. The van der Waals surface area contributed by atoms with E-state index in [-0.39, 0.29) is 63.2 Å². The number of ketones is 1. The van der Waals surface area contributed by atoms with Crippen molar-refractivity contribution in [1.82, 2.24) is 15.1 Å². The third-order valence-electron chi connectivity index (χ3n) is 7.94. The van der Waals surface area contributed by atoms with Gasteiger partial charge in [-0.15, -0.1) is 0 Å². The van der Waals surface area contributed by atoms with Crippen molar-refractivity contribution in [2.45, 2.75) is 82.5 Å². The number of rotatable bonds is 7. The Morgan fingerprint density at radius 2 is 1.67 bits per heavy atom. The largest absolute Gasteiger partial charge is 0.368 e. The summed E-state index contributed by atoms with van der Waals surface area (Å²) < 4.78 is 5.53. The molecule has 3 atom stereocenters. The van der Waals surface area contributed by atoms with Crippen LogP contribution < -0.4 is 5.32 Å². The first-order valence-electron chi connectivity index (χ1n) is 13.0. The lowest BCUT2D eigenvalue weighted by molar-refractivity contribution is -0.138. The van der Waals surface area contributed by atoms with Crippen LogP contribution in [0.3, 0.4) is 0 Å². The van der Waals surface area contributed by atoms with E-state index in [4.69, 9.17) is 4.74 Å². The Labute approximate surface area is 228 Å². The van der Waals surface area contributed by atoms with E-state index in [1.54, 1.807) is 4.90 Å². The van der Waals surface area contributed by atoms with Crippen LogP contribution in [-0.2, 0) is 14.3 Å². The van der Waals surface area contributed by atoms with E-state index in [2.05, 4.69) is 22.3 Å². The van der Waals surface area contributed by atoms with Gasteiger partial charge in [0.2, 0.25) is 5.91 Å². The van der Waals surface area contributed by atoms with Crippen molar-refractivity contribution in [2.24, 2.45) is 5.92 Å². The predicted octanol–water partition coefficient (Wildman–Crippen LogP) is 2.97. The van der Waals surface area contributed by atoms with Crippen LogP contribution in [0.1, 0.15) is 74.2 Å². The molecule has 1 aromatic carbocycles. The van der Waals surface area contributed by atoms with Crippen LogP contribution in [0.2, 0.25) is 0 Å². The molecule has 0 spiro atoms. The summed E-state index contributed by atoms with van der Waals surface area (Å²) in [6.07, 6.45) is 6.07. The summed E-state index contributed by atoms with van der Waals surface area (Å²) in [6, 6.07) is 7.61. The van der Waals surface area contributed by atoms with Gasteiger partial charge in [0.1, 0.15) is 18.7 Å². The number of ether oxygens (including phenoxy) is 1. The molecule has 4 aliphatic rings. The first kappa shape index (κ1) is 29.0. The molecule has 0 bridgehead atoms. The number of fused-ring (bicyclic) bond motifs is 1. The Bertz CT molecular complexity index is 929. The molecular weight excluding hydrogens is 494 g/mol. The van der Waals surface area contributed by atoms with E-state index in [9.17, 15) is 14.4 Å². The van der Waals surface area contributed by atoms with Gasteiger partial charge in [-0.1, -0.05) is 26.0 Å². The summed E-state index contributed by atoms with van der Waals surface area (Å²) in [5.74, 6) is 0.332. The highest BCUT2D eigenvalue weighted by Crippen LogP contribution is 2.34. The minimum atomic E-state index is -0.647. The summed E-state index contributed by atoms with van der Waals surface area (Å²) in [4.78, 5) is 43.0. The summed E-state index contributed by atoms with van der Waals surface area (Å²) in [6.45, 7) is 6.98. The topological polar surface area (TPSA) is 79.0 Å². The minimum absolute atomic E-state index is 0. The number of likely N-dealkylation sites (tertiary alicyclic amines) is 2.